The summed E-state index contributed by atoms with van der Waals surface area (Å²) in [7, 11) is 0. The van der Waals surface area contributed by atoms with E-state index in [1.807, 2.05) is 18.2 Å². The summed E-state index contributed by atoms with van der Waals surface area (Å²) in [5.41, 5.74) is 0.662. The molecular formula is C13H16INO2. The van der Waals surface area contributed by atoms with Gasteiger partial charge in [0.15, 0.2) is 0 Å². The maximum atomic E-state index is 12.0. The Hall–Kier alpha value is -0.620. The van der Waals surface area contributed by atoms with Crippen LogP contribution in [0.15, 0.2) is 24.3 Å². The van der Waals surface area contributed by atoms with Gasteiger partial charge in [-0.15, -0.1) is 0 Å². The van der Waals surface area contributed by atoms with Crippen LogP contribution in [-0.2, 0) is 0 Å². The van der Waals surface area contributed by atoms with Crippen LogP contribution in [-0.4, -0.2) is 23.2 Å². The van der Waals surface area contributed by atoms with E-state index in [9.17, 15) is 9.90 Å². The van der Waals surface area contributed by atoms with Gasteiger partial charge in [0.2, 0.25) is 0 Å². The van der Waals surface area contributed by atoms with Crippen LogP contribution in [0.5, 0.6) is 0 Å². The molecule has 1 aromatic rings. The van der Waals surface area contributed by atoms with Crippen molar-refractivity contribution in [3.63, 3.8) is 0 Å². The molecule has 1 amide bonds. The van der Waals surface area contributed by atoms with Gasteiger partial charge in [-0.3, -0.25) is 4.79 Å². The molecule has 0 unspecified atom stereocenters. The Morgan fingerprint density at radius 3 is 2.82 bits per heavy atom. The predicted octanol–water partition coefficient (Wildman–Crippen LogP) is 2.32. The summed E-state index contributed by atoms with van der Waals surface area (Å²) in [4.78, 5) is 12.0. The first kappa shape index (κ1) is 12.8. The number of carbonyl (C=O) groups excluding carboxylic acids is 1. The molecule has 1 saturated carbocycles. The molecule has 2 atom stereocenters. The molecule has 0 heterocycles. The standard InChI is InChI=1S/C13H16INO2/c14-10-5-3-4-9(8-10)13(17)15-11-6-1-2-7-12(11)16/h3-5,8,11-12,16H,1-2,6-7H2,(H,15,17)/t11-,12-/m0/s1. The Morgan fingerprint density at radius 1 is 1.35 bits per heavy atom. The minimum atomic E-state index is -0.393. The van der Waals surface area contributed by atoms with Crippen LogP contribution in [0, 0.1) is 3.57 Å². The maximum absolute atomic E-state index is 12.0. The number of aliphatic hydroxyl groups excluding tert-OH is 1. The van der Waals surface area contributed by atoms with Gasteiger partial charge in [-0.25, -0.2) is 0 Å². The summed E-state index contributed by atoms with van der Waals surface area (Å²) in [6.45, 7) is 0. The molecular weight excluding hydrogens is 329 g/mol. The van der Waals surface area contributed by atoms with Gasteiger partial charge in [0, 0.05) is 9.13 Å². The molecule has 2 rings (SSSR count). The van der Waals surface area contributed by atoms with Crippen molar-refractivity contribution in [1.82, 2.24) is 5.32 Å². The third-order valence-corrected chi connectivity index (χ3v) is 3.80. The molecule has 0 bridgehead atoms. The highest BCUT2D eigenvalue weighted by molar-refractivity contribution is 14.1. The molecule has 0 aromatic heterocycles. The number of halogens is 1. The van der Waals surface area contributed by atoms with E-state index in [0.717, 1.165) is 29.3 Å². The highest BCUT2D eigenvalue weighted by atomic mass is 127. The highest BCUT2D eigenvalue weighted by Gasteiger charge is 2.24. The number of amides is 1. The van der Waals surface area contributed by atoms with Gasteiger partial charge in [-0.05, 0) is 53.6 Å². The average molecular weight is 345 g/mol. The fraction of sp³-hybridized carbons (Fsp3) is 0.462. The first-order chi connectivity index (χ1) is 8.16. The van der Waals surface area contributed by atoms with Gasteiger partial charge in [0.05, 0.1) is 12.1 Å². The summed E-state index contributed by atoms with van der Waals surface area (Å²) < 4.78 is 1.04. The topological polar surface area (TPSA) is 49.3 Å². The van der Waals surface area contributed by atoms with E-state index in [1.165, 1.54) is 0 Å². The van der Waals surface area contributed by atoms with Crippen LogP contribution >= 0.6 is 22.6 Å². The third kappa shape index (κ3) is 3.42. The van der Waals surface area contributed by atoms with E-state index in [1.54, 1.807) is 6.07 Å². The van der Waals surface area contributed by atoms with Crippen LogP contribution in [0.4, 0.5) is 0 Å². The van der Waals surface area contributed by atoms with Gasteiger partial charge in [0.25, 0.3) is 5.91 Å². The summed E-state index contributed by atoms with van der Waals surface area (Å²) in [6, 6.07) is 7.38. The van der Waals surface area contributed by atoms with E-state index in [0.29, 0.717) is 5.56 Å². The molecule has 3 nitrogen and oxygen atoms in total. The van der Waals surface area contributed by atoms with Crippen LogP contribution in [0.3, 0.4) is 0 Å². The molecule has 4 heteroatoms. The monoisotopic (exact) mass is 345 g/mol. The van der Waals surface area contributed by atoms with Crippen molar-refractivity contribution in [2.24, 2.45) is 0 Å². The van der Waals surface area contributed by atoms with Crippen molar-refractivity contribution in [3.05, 3.63) is 33.4 Å². The number of aliphatic hydroxyl groups is 1. The van der Waals surface area contributed by atoms with E-state index in [4.69, 9.17) is 0 Å². The third-order valence-electron chi connectivity index (χ3n) is 3.13. The molecule has 0 aliphatic heterocycles. The smallest absolute Gasteiger partial charge is 0.251 e. The Balaban J connectivity index is 2.01. The van der Waals surface area contributed by atoms with Crippen molar-refractivity contribution in [1.29, 1.82) is 0 Å². The second kappa shape index (κ2) is 5.82. The SMILES string of the molecule is O=C(N[C@H]1CCCC[C@@H]1O)c1cccc(I)c1. The molecule has 0 saturated heterocycles. The molecule has 1 aliphatic carbocycles. The molecule has 0 spiro atoms. The fourth-order valence-electron chi connectivity index (χ4n) is 2.16. The van der Waals surface area contributed by atoms with Gasteiger partial charge >= 0.3 is 0 Å². The molecule has 92 valence electrons. The lowest BCUT2D eigenvalue weighted by atomic mass is 9.92. The lowest BCUT2D eigenvalue weighted by molar-refractivity contribution is 0.0717. The number of nitrogens with one attached hydrogen (secondary N) is 1. The lowest BCUT2D eigenvalue weighted by Gasteiger charge is -2.28. The Labute approximate surface area is 115 Å². The van der Waals surface area contributed by atoms with Crippen molar-refractivity contribution >= 4 is 28.5 Å². The van der Waals surface area contributed by atoms with Crippen LogP contribution in [0.25, 0.3) is 0 Å². The van der Waals surface area contributed by atoms with E-state index >= 15 is 0 Å². The molecule has 1 fully saturated rings. The fourth-order valence-corrected chi connectivity index (χ4v) is 2.70. The number of carbonyl (C=O) groups is 1. The lowest BCUT2D eigenvalue weighted by Crippen LogP contribution is -2.45. The minimum absolute atomic E-state index is 0.0885. The summed E-state index contributed by atoms with van der Waals surface area (Å²) in [5.74, 6) is -0.0885. The zero-order chi connectivity index (χ0) is 12.3. The summed E-state index contributed by atoms with van der Waals surface area (Å²) >= 11 is 2.18. The molecule has 0 radical (unpaired) electrons. The van der Waals surface area contributed by atoms with Gasteiger partial charge in [0.1, 0.15) is 0 Å². The Bertz CT molecular complexity index is 408. The van der Waals surface area contributed by atoms with Crippen LogP contribution < -0.4 is 5.32 Å². The number of hydrogen-bond acceptors (Lipinski definition) is 2. The molecule has 17 heavy (non-hydrogen) atoms. The van der Waals surface area contributed by atoms with E-state index < -0.39 is 6.10 Å². The van der Waals surface area contributed by atoms with E-state index in [2.05, 4.69) is 27.9 Å². The zero-order valence-electron chi connectivity index (χ0n) is 9.53. The van der Waals surface area contributed by atoms with Gasteiger partial charge in [-0.1, -0.05) is 18.9 Å². The first-order valence-electron chi connectivity index (χ1n) is 5.91. The quantitative estimate of drug-likeness (QED) is 0.809. The van der Waals surface area contributed by atoms with Crippen LogP contribution in [0.1, 0.15) is 36.0 Å². The summed E-state index contributed by atoms with van der Waals surface area (Å²) in [5, 5.41) is 12.7. The Kier molecular flexibility index (Phi) is 4.39. The van der Waals surface area contributed by atoms with Crippen molar-refractivity contribution in [2.45, 2.75) is 37.8 Å². The summed E-state index contributed by atoms with van der Waals surface area (Å²) in [6.07, 6.45) is 3.40. The number of hydrogen-bond donors (Lipinski definition) is 2. The van der Waals surface area contributed by atoms with Crippen molar-refractivity contribution in [2.75, 3.05) is 0 Å². The molecule has 1 aromatic carbocycles. The second-order valence-electron chi connectivity index (χ2n) is 4.44. The number of benzene rings is 1. The zero-order valence-corrected chi connectivity index (χ0v) is 11.7. The largest absolute Gasteiger partial charge is 0.391 e. The average Bonchev–Trinajstić information content (AvgIpc) is 2.32. The molecule has 2 N–H and O–H groups in total. The van der Waals surface area contributed by atoms with Crippen LogP contribution in [0.2, 0.25) is 0 Å². The van der Waals surface area contributed by atoms with E-state index in [-0.39, 0.29) is 11.9 Å². The van der Waals surface area contributed by atoms with Crippen molar-refractivity contribution < 1.29 is 9.90 Å². The molecule has 1 aliphatic rings. The number of rotatable bonds is 2. The first-order valence-corrected chi connectivity index (χ1v) is 6.99. The Morgan fingerprint density at radius 2 is 2.12 bits per heavy atom. The normalized spacial score (nSPS) is 24.4. The van der Waals surface area contributed by atoms with Gasteiger partial charge < -0.3 is 10.4 Å². The predicted molar refractivity (Wildman–Crippen MR) is 74.9 cm³/mol. The van der Waals surface area contributed by atoms with Crippen molar-refractivity contribution in [3.8, 4) is 0 Å². The maximum Gasteiger partial charge on any atom is 0.251 e. The highest BCUT2D eigenvalue weighted by Crippen LogP contribution is 2.19. The minimum Gasteiger partial charge on any atom is -0.391 e. The second-order valence-corrected chi connectivity index (χ2v) is 5.69. The van der Waals surface area contributed by atoms with Gasteiger partial charge in [-0.2, -0.15) is 0 Å².